The highest BCUT2D eigenvalue weighted by molar-refractivity contribution is 5.69. The van der Waals surface area contributed by atoms with Gasteiger partial charge in [-0.25, -0.2) is 0 Å². The first-order valence-corrected chi connectivity index (χ1v) is 5.06. The summed E-state index contributed by atoms with van der Waals surface area (Å²) in [7, 11) is 2.07. The minimum Gasteiger partial charge on any atom is -0.466 e. The summed E-state index contributed by atoms with van der Waals surface area (Å²) in [6, 6.07) is 0. The maximum absolute atomic E-state index is 11.0. The SMILES string of the molecule is CCOC(=O)CCN(C)CC1CC1. The molecular weight excluding hydrogens is 166 g/mol. The van der Waals surface area contributed by atoms with Crippen molar-refractivity contribution < 1.29 is 9.53 Å². The third-order valence-corrected chi connectivity index (χ3v) is 2.27. The first-order chi connectivity index (χ1) is 6.22. The maximum Gasteiger partial charge on any atom is 0.307 e. The molecule has 3 heteroatoms. The lowest BCUT2D eigenvalue weighted by molar-refractivity contribution is -0.143. The van der Waals surface area contributed by atoms with Crippen molar-refractivity contribution in [3.63, 3.8) is 0 Å². The van der Waals surface area contributed by atoms with Crippen LogP contribution < -0.4 is 0 Å². The first kappa shape index (κ1) is 10.5. The summed E-state index contributed by atoms with van der Waals surface area (Å²) in [5, 5.41) is 0. The average molecular weight is 185 g/mol. The van der Waals surface area contributed by atoms with Gasteiger partial charge in [0.1, 0.15) is 0 Å². The number of carbonyl (C=O) groups is 1. The molecule has 0 heterocycles. The van der Waals surface area contributed by atoms with Gasteiger partial charge >= 0.3 is 5.97 Å². The normalized spacial score (nSPS) is 16.2. The largest absolute Gasteiger partial charge is 0.466 e. The molecule has 0 aromatic rings. The van der Waals surface area contributed by atoms with Crippen molar-refractivity contribution in [1.82, 2.24) is 4.90 Å². The predicted octanol–water partition coefficient (Wildman–Crippen LogP) is 1.28. The highest BCUT2D eigenvalue weighted by Crippen LogP contribution is 2.29. The standard InChI is InChI=1S/C10H19NO2/c1-3-13-10(12)6-7-11(2)8-9-4-5-9/h9H,3-8H2,1-2H3. The molecule has 76 valence electrons. The molecule has 0 aliphatic heterocycles. The van der Waals surface area contributed by atoms with Gasteiger partial charge in [0.2, 0.25) is 0 Å². The Balaban J connectivity index is 1.99. The van der Waals surface area contributed by atoms with Crippen molar-refractivity contribution in [1.29, 1.82) is 0 Å². The van der Waals surface area contributed by atoms with Crippen molar-refractivity contribution in [3.8, 4) is 0 Å². The predicted molar refractivity (Wildman–Crippen MR) is 51.5 cm³/mol. The van der Waals surface area contributed by atoms with Crippen molar-refractivity contribution in [2.45, 2.75) is 26.2 Å². The van der Waals surface area contributed by atoms with Crippen LogP contribution in [0.5, 0.6) is 0 Å². The molecule has 0 bridgehead atoms. The zero-order valence-corrected chi connectivity index (χ0v) is 8.58. The Morgan fingerprint density at radius 2 is 2.23 bits per heavy atom. The quantitative estimate of drug-likeness (QED) is 0.584. The third-order valence-electron chi connectivity index (χ3n) is 2.27. The first-order valence-electron chi connectivity index (χ1n) is 5.06. The van der Waals surface area contributed by atoms with Gasteiger partial charge in [0.05, 0.1) is 13.0 Å². The summed E-state index contributed by atoms with van der Waals surface area (Å²) < 4.78 is 4.85. The topological polar surface area (TPSA) is 29.5 Å². The van der Waals surface area contributed by atoms with Crippen LogP contribution in [-0.2, 0) is 9.53 Å². The molecule has 0 radical (unpaired) electrons. The van der Waals surface area contributed by atoms with Gasteiger partial charge in [-0.1, -0.05) is 0 Å². The van der Waals surface area contributed by atoms with Crippen LogP contribution in [0.3, 0.4) is 0 Å². The molecule has 0 unspecified atom stereocenters. The van der Waals surface area contributed by atoms with Crippen LogP contribution >= 0.6 is 0 Å². The van der Waals surface area contributed by atoms with Gasteiger partial charge in [-0.3, -0.25) is 4.79 Å². The Labute approximate surface area is 80.1 Å². The molecule has 0 spiro atoms. The highest BCUT2D eigenvalue weighted by Gasteiger charge is 2.22. The third kappa shape index (κ3) is 4.88. The van der Waals surface area contributed by atoms with Crippen LogP contribution in [0, 0.1) is 5.92 Å². The van der Waals surface area contributed by atoms with Crippen LogP contribution in [0.4, 0.5) is 0 Å². The number of carbonyl (C=O) groups excluding carboxylic acids is 1. The lowest BCUT2D eigenvalue weighted by Gasteiger charge is -2.14. The van der Waals surface area contributed by atoms with E-state index in [1.807, 2.05) is 6.92 Å². The zero-order chi connectivity index (χ0) is 9.68. The van der Waals surface area contributed by atoms with Crippen LogP contribution in [0.15, 0.2) is 0 Å². The summed E-state index contributed by atoms with van der Waals surface area (Å²) >= 11 is 0. The monoisotopic (exact) mass is 185 g/mol. The Kier molecular flexibility index (Phi) is 4.22. The van der Waals surface area contributed by atoms with E-state index < -0.39 is 0 Å². The Hall–Kier alpha value is -0.570. The number of nitrogens with zero attached hydrogens (tertiary/aromatic N) is 1. The van der Waals surface area contributed by atoms with Gasteiger partial charge in [-0.15, -0.1) is 0 Å². The van der Waals surface area contributed by atoms with Crippen LogP contribution in [0.2, 0.25) is 0 Å². The molecule has 3 nitrogen and oxygen atoms in total. The van der Waals surface area contributed by atoms with E-state index in [0.717, 1.165) is 19.0 Å². The summed E-state index contributed by atoms with van der Waals surface area (Å²) in [5.74, 6) is 0.817. The van der Waals surface area contributed by atoms with Gasteiger partial charge in [0, 0.05) is 13.1 Å². The summed E-state index contributed by atoms with van der Waals surface area (Å²) in [6.07, 6.45) is 3.25. The number of ether oxygens (including phenoxy) is 1. The second kappa shape index (κ2) is 5.22. The number of esters is 1. The minimum absolute atomic E-state index is 0.0786. The van der Waals surface area contributed by atoms with Crippen LogP contribution in [0.25, 0.3) is 0 Å². The van der Waals surface area contributed by atoms with Gasteiger partial charge in [-0.2, -0.15) is 0 Å². The van der Waals surface area contributed by atoms with E-state index in [9.17, 15) is 4.79 Å². The van der Waals surface area contributed by atoms with E-state index in [1.165, 1.54) is 12.8 Å². The molecule has 0 aromatic carbocycles. The number of rotatable bonds is 6. The molecule has 0 N–H and O–H groups in total. The molecule has 1 rings (SSSR count). The van der Waals surface area contributed by atoms with E-state index in [1.54, 1.807) is 0 Å². The molecule has 0 saturated heterocycles. The molecule has 0 amide bonds. The Morgan fingerprint density at radius 3 is 2.77 bits per heavy atom. The van der Waals surface area contributed by atoms with E-state index >= 15 is 0 Å². The Morgan fingerprint density at radius 1 is 1.54 bits per heavy atom. The maximum atomic E-state index is 11.0. The fourth-order valence-corrected chi connectivity index (χ4v) is 1.35. The Bertz CT molecular complexity index is 166. The number of hydrogen-bond acceptors (Lipinski definition) is 3. The van der Waals surface area contributed by atoms with Crippen molar-refractivity contribution in [3.05, 3.63) is 0 Å². The molecule has 13 heavy (non-hydrogen) atoms. The lowest BCUT2D eigenvalue weighted by atomic mass is 10.3. The van der Waals surface area contributed by atoms with Crippen molar-refractivity contribution in [2.24, 2.45) is 5.92 Å². The summed E-state index contributed by atoms with van der Waals surface area (Å²) in [4.78, 5) is 13.2. The zero-order valence-electron chi connectivity index (χ0n) is 8.58. The second-order valence-electron chi connectivity index (χ2n) is 3.76. The molecule has 1 saturated carbocycles. The van der Waals surface area contributed by atoms with Crippen molar-refractivity contribution >= 4 is 5.97 Å². The van der Waals surface area contributed by atoms with Gasteiger partial charge in [0.25, 0.3) is 0 Å². The fraction of sp³-hybridized carbons (Fsp3) is 0.900. The smallest absolute Gasteiger partial charge is 0.307 e. The summed E-state index contributed by atoms with van der Waals surface area (Å²) in [5.41, 5.74) is 0. The molecule has 1 aliphatic rings. The number of hydrogen-bond donors (Lipinski definition) is 0. The average Bonchev–Trinajstić information content (AvgIpc) is 2.85. The van der Waals surface area contributed by atoms with Crippen molar-refractivity contribution in [2.75, 3.05) is 26.7 Å². The summed E-state index contributed by atoms with van der Waals surface area (Å²) in [6.45, 7) is 4.30. The van der Waals surface area contributed by atoms with E-state index in [-0.39, 0.29) is 5.97 Å². The van der Waals surface area contributed by atoms with Crippen LogP contribution in [0.1, 0.15) is 26.2 Å². The van der Waals surface area contributed by atoms with Crippen LogP contribution in [-0.4, -0.2) is 37.6 Å². The molecule has 0 aromatic heterocycles. The highest BCUT2D eigenvalue weighted by atomic mass is 16.5. The van der Waals surface area contributed by atoms with Gasteiger partial charge in [-0.05, 0) is 32.7 Å². The van der Waals surface area contributed by atoms with E-state index in [4.69, 9.17) is 4.74 Å². The second-order valence-corrected chi connectivity index (χ2v) is 3.76. The van der Waals surface area contributed by atoms with Gasteiger partial charge in [0.15, 0.2) is 0 Å². The lowest BCUT2D eigenvalue weighted by Crippen LogP contribution is -2.24. The minimum atomic E-state index is -0.0786. The van der Waals surface area contributed by atoms with Gasteiger partial charge < -0.3 is 9.64 Å². The van der Waals surface area contributed by atoms with E-state index in [2.05, 4.69) is 11.9 Å². The molecule has 0 atom stereocenters. The molecule has 1 aliphatic carbocycles. The van der Waals surface area contributed by atoms with E-state index in [0.29, 0.717) is 13.0 Å². The molecular formula is C10H19NO2. The molecule has 1 fully saturated rings. The fourth-order valence-electron chi connectivity index (χ4n) is 1.35.